The van der Waals surface area contributed by atoms with E-state index in [9.17, 15) is 15.0 Å². The third kappa shape index (κ3) is 4.85. The minimum absolute atomic E-state index is 0.113. The number of aromatic hydroxyl groups is 1. The fourth-order valence-electron chi connectivity index (χ4n) is 4.36. The minimum atomic E-state index is -1.25. The summed E-state index contributed by atoms with van der Waals surface area (Å²) >= 11 is 0. The number of rotatable bonds is 7. The Bertz CT molecular complexity index is 1020. The Labute approximate surface area is 181 Å². The molecule has 1 aliphatic rings. The molecule has 1 unspecified atom stereocenters. The first-order valence-electron chi connectivity index (χ1n) is 10.7. The molecule has 6 nitrogen and oxygen atoms in total. The summed E-state index contributed by atoms with van der Waals surface area (Å²) in [6, 6.07) is 19.2. The predicted octanol–water partition coefficient (Wildman–Crippen LogP) is 5.17. The van der Waals surface area contributed by atoms with Gasteiger partial charge in [0, 0.05) is 5.92 Å². The molecule has 1 atom stereocenters. The molecule has 0 radical (unpaired) electrons. The fourth-order valence-corrected chi connectivity index (χ4v) is 4.36. The van der Waals surface area contributed by atoms with Crippen LogP contribution < -0.4 is 4.74 Å². The lowest BCUT2D eigenvalue weighted by Gasteiger charge is -2.30. The zero-order valence-corrected chi connectivity index (χ0v) is 17.3. The summed E-state index contributed by atoms with van der Waals surface area (Å²) in [6.07, 6.45) is 5.52. The molecule has 0 aliphatic heterocycles. The number of benzene rings is 2. The Kier molecular flexibility index (Phi) is 6.46. The van der Waals surface area contributed by atoms with Gasteiger partial charge in [-0.1, -0.05) is 79.9 Å². The standard InChI is InChI=1S/C25H26N2O4/c28-24-22(31-16-17-10-4-1-5-11-17)21(25(29)30)26-23(27-24)20(18-12-6-2-7-13-18)19-14-8-3-9-15-19/h1-2,4-7,10-13,19-20H,3,8-9,14-16H2,(H,29,30)(H,26,27,28). The highest BCUT2D eigenvalue weighted by Crippen LogP contribution is 2.41. The number of ether oxygens (including phenoxy) is 1. The summed E-state index contributed by atoms with van der Waals surface area (Å²) in [6.45, 7) is 0.113. The topological polar surface area (TPSA) is 92.5 Å². The Hall–Kier alpha value is -3.41. The van der Waals surface area contributed by atoms with E-state index in [1.54, 1.807) is 0 Å². The van der Waals surface area contributed by atoms with Crippen LogP contribution in [0.25, 0.3) is 0 Å². The van der Waals surface area contributed by atoms with E-state index in [0.29, 0.717) is 11.7 Å². The molecule has 31 heavy (non-hydrogen) atoms. The Morgan fingerprint density at radius 3 is 2.26 bits per heavy atom. The van der Waals surface area contributed by atoms with Crippen molar-refractivity contribution in [3.63, 3.8) is 0 Å². The highest BCUT2D eigenvalue weighted by Gasteiger charge is 2.31. The van der Waals surface area contributed by atoms with E-state index < -0.39 is 11.8 Å². The quantitative estimate of drug-likeness (QED) is 0.550. The lowest BCUT2D eigenvalue weighted by Crippen LogP contribution is -2.21. The van der Waals surface area contributed by atoms with Crippen LogP contribution in [0.2, 0.25) is 0 Å². The second-order valence-corrected chi connectivity index (χ2v) is 7.95. The highest BCUT2D eigenvalue weighted by atomic mass is 16.5. The molecule has 2 aromatic carbocycles. The van der Waals surface area contributed by atoms with Crippen molar-refractivity contribution in [3.8, 4) is 11.6 Å². The largest absolute Gasteiger partial charge is 0.491 e. The van der Waals surface area contributed by atoms with Crippen molar-refractivity contribution >= 4 is 5.97 Å². The molecule has 1 fully saturated rings. The lowest BCUT2D eigenvalue weighted by molar-refractivity contribution is 0.0682. The van der Waals surface area contributed by atoms with Crippen molar-refractivity contribution in [2.45, 2.75) is 44.6 Å². The molecule has 0 amide bonds. The van der Waals surface area contributed by atoms with Gasteiger partial charge in [-0.3, -0.25) is 0 Å². The number of carboxylic acid groups (broad SMARTS) is 1. The molecule has 1 aromatic heterocycles. The zero-order chi connectivity index (χ0) is 21.6. The summed E-state index contributed by atoms with van der Waals surface area (Å²) in [5.74, 6) is -1.43. The molecule has 1 aliphatic carbocycles. The average molecular weight is 418 g/mol. The third-order valence-electron chi connectivity index (χ3n) is 5.85. The van der Waals surface area contributed by atoms with Crippen molar-refractivity contribution < 1.29 is 19.7 Å². The van der Waals surface area contributed by atoms with Crippen LogP contribution in [0.3, 0.4) is 0 Å². The van der Waals surface area contributed by atoms with E-state index in [1.807, 2.05) is 60.7 Å². The molecule has 3 aromatic rings. The van der Waals surface area contributed by atoms with Gasteiger partial charge in [0.05, 0.1) is 0 Å². The SMILES string of the molecule is O=C(O)c1nc(C(c2ccccc2)C2CCCCC2)nc(O)c1OCc1ccccc1. The van der Waals surface area contributed by atoms with Crippen molar-refractivity contribution in [1.82, 2.24) is 9.97 Å². The number of aromatic carboxylic acids is 1. The third-order valence-corrected chi connectivity index (χ3v) is 5.85. The van der Waals surface area contributed by atoms with E-state index in [2.05, 4.69) is 9.97 Å². The zero-order valence-electron chi connectivity index (χ0n) is 17.3. The first kappa shape index (κ1) is 20.8. The maximum absolute atomic E-state index is 12.0. The molecule has 1 heterocycles. The second kappa shape index (κ2) is 9.60. The van der Waals surface area contributed by atoms with Gasteiger partial charge >= 0.3 is 5.97 Å². The summed E-state index contributed by atoms with van der Waals surface area (Å²) in [5.41, 5.74) is 1.57. The van der Waals surface area contributed by atoms with Crippen molar-refractivity contribution in [3.05, 3.63) is 83.3 Å². The maximum atomic E-state index is 12.0. The molecule has 2 N–H and O–H groups in total. The number of carboxylic acids is 1. The second-order valence-electron chi connectivity index (χ2n) is 7.95. The van der Waals surface area contributed by atoms with Crippen LogP contribution in [-0.2, 0) is 6.61 Å². The summed E-state index contributed by atoms with van der Waals surface area (Å²) in [5, 5.41) is 20.4. The first-order valence-corrected chi connectivity index (χ1v) is 10.7. The fraction of sp³-hybridized carbons (Fsp3) is 0.320. The monoisotopic (exact) mass is 418 g/mol. The Balaban J connectivity index is 1.71. The van der Waals surface area contributed by atoms with Crippen molar-refractivity contribution in [1.29, 1.82) is 0 Å². The normalized spacial score (nSPS) is 15.4. The van der Waals surface area contributed by atoms with E-state index in [4.69, 9.17) is 4.74 Å². The molecule has 0 saturated heterocycles. The van der Waals surface area contributed by atoms with Gasteiger partial charge in [-0.2, -0.15) is 4.98 Å². The van der Waals surface area contributed by atoms with Gasteiger partial charge in [-0.15, -0.1) is 0 Å². The minimum Gasteiger partial charge on any atom is -0.491 e. The number of hydrogen-bond acceptors (Lipinski definition) is 5. The summed E-state index contributed by atoms with van der Waals surface area (Å²) in [4.78, 5) is 20.7. The maximum Gasteiger partial charge on any atom is 0.358 e. The molecule has 6 heteroatoms. The summed E-state index contributed by atoms with van der Waals surface area (Å²) in [7, 11) is 0. The van der Waals surface area contributed by atoms with E-state index in [-0.39, 0.29) is 24.0 Å². The van der Waals surface area contributed by atoms with Crippen LogP contribution in [0, 0.1) is 5.92 Å². The molecular weight excluding hydrogens is 392 g/mol. The molecule has 0 spiro atoms. The number of aromatic nitrogens is 2. The molecule has 4 rings (SSSR count). The molecule has 1 saturated carbocycles. The van der Waals surface area contributed by atoms with Crippen LogP contribution >= 0.6 is 0 Å². The van der Waals surface area contributed by atoms with Gasteiger partial charge in [0.25, 0.3) is 5.88 Å². The van der Waals surface area contributed by atoms with E-state index in [1.165, 1.54) is 6.42 Å². The lowest BCUT2D eigenvalue weighted by atomic mass is 9.76. The number of carbonyl (C=O) groups is 1. The average Bonchev–Trinajstić information content (AvgIpc) is 2.80. The van der Waals surface area contributed by atoms with E-state index in [0.717, 1.165) is 36.8 Å². The predicted molar refractivity (Wildman–Crippen MR) is 116 cm³/mol. The molecule has 160 valence electrons. The van der Waals surface area contributed by atoms with E-state index >= 15 is 0 Å². The summed E-state index contributed by atoms with van der Waals surface area (Å²) < 4.78 is 5.65. The van der Waals surface area contributed by atoms with Gasteiger partial charge in [-0.05, 0) is 29.9 Å². The van der Waals surface area contributed by atoms with Crippen LogP contribution in [-0.4, -0.2) is 26.2 Å². The number of nitrogens with zero attached hydrogens (tertiary/aromatic N) is 2. The molecule has 0 bridgehead atoms. The van der Waals surface area contributed by atoms with Crippen LogP contribution in [0.15, 0.2) is 60.7 Å². The van der Waals surface area contributed by atoms with Gasteiger partial charge in [-0.25, -0.2) is 9.78 Å². The number of hydrogen-bond donors (Lipinski definition) is 2. The van der Waals surface area contributed by atoms with Gasteiger partial charge < -0.3 is 14.9 Å². The van der Waals surface area contributed by atoms with Crippen LogP contribution in [0.1, 0.15) is 65.5 Å². The molecular formula is C25H26N2O4. The highest BCUT2D eigenvalue weighted by molar-refractivity contribution is 5.89. The van der Waals surface area contributed by atoms with Gasteiger partial charge in [0.2, 0.25) is 5.75 Å². The van der Waals surface area contributed by atoms with Crippen LogP contribution in [0.5, 0.6) is 11.6 Å². The van der Waals surface area contributed by atoms with Gasteiger partial charge in [0.15, 0.2) is 5.69 Å². The van der Waals surface area contributed by atoms with Crippen molar-refractivity contribution in [2.24, 2.45) is 5.92 Å². The van der Waals surface area contributed by atoms with Gasteiger partial charge in [0.1, 0.15) is 12.4 Å². The first-order chi connectivity index (χ1) is 15.1. The Morgan fingerprint density at radius 1 is 0.968 bits per heavy atom. The van der Waals surface area contributed by atoms with Crippen molar-refractivity contribution in [2.75, 3.05) is 0 Å². The smallest absolute Gasteiger partial charge is 0.358 e. The Morgan fingerprint density at radius 2 is 1.61 bits per heavy atom. The van der Waals surface area contributed by atoms with Crippen LogP contribution in [0.4, 0.5) is 0 Å².